The van der Waals surface area contributed by atoms with Crippen LogP contribution in [-0.2, 0) is 9.53 Å². The lowest BCUT2D eigenvalue weighted by atomic mass is 9.63. The lowest BCUT2D eigenvalue weighted by molar-refractivity contribution is -0.140. The van der Waals surface area contributed by atoms with E-state index in [-0.39, 0.29) is 23.9 Å². The standard InChI is InChI=1S/C13H22O3/c1-5-16-11-7-6-9(2)10(8-12(14)15)13(11,3)4/h10-11H,2,5-8H2,1,3-4H3,(H,14,15). The van der Waals surface area contributed by atoms with Gasteiger partial charge in [-0.2, -0.15) is 0 Å². The third-order valence-electron chi connectivity index (χ3n) is 3.69. The summed E-state index contributed by atoms with van der Waals surface area (Å²) in [6, 6.07) is 0. The number of carbonyl (C=O) groups is 1. The van der Waals surface area contributed by atoms with Crippen LogP contribution in [0.4, 0.5) is 0 Å². The van der Waals surface area contributed by atoms with Gasteiger partial charge in [0.15, 0.2) is 0 Å². The summed E-state index contributed by atoms with van der Waals surface area (Å²) in [5.41, 5.74) is 0.923. The van der Waals surface area contributed by atoms with Crippen molar-refractivity contribution in [2.24, 2.45) is 11.3 Å². The second-order valence-electron chi connectivity index (χ2n) is 5.11. The van der Waals surface area contributed by atoms with Crippen LogP contribution in [0, 0.1) is 11.3 Å². The first-order chi connectivity index (χ1) is 7.39. The third kappa shape index (κ3) is 2.64. The smallest absolute Gasteiger partial charge is 0.303 e. The van der Waals surface area contributed by atoms with Crippen molar-refractivity contribution in [3.8, 4) is 0 Å². The zero-order chi connectivity index (χ0) is 12.3. The van der Waals surface area contributed by atoms with Crippen LogP contribution in [0.3, 0.4) is 0 Å². The highest BCUT2D eigenvalue weighted by Gasteiger charge is 2.43. The predicted octanol–water partition coefficient (Wildman–Crippen LogP) is 2.86. The molecule has 0 spiro atoms. The highest BCUT2D eigenvalue weighted by atomic mass is 16.5. The molecule has 1 rings (SSSR count). The fourth-order valence-corrected chi connectivity index (χ4v) is 2.69. The van der Waals surface area contributed by atoms with E-state index in [1.54, 1.807) is 0 Å². The lowest BCUT2D eigenvalue weighted by Crippen LogP contribution is -2.43. The summed E-state index contributed by atoms with van der Waals surface area (Å²) in [5, 5.41) is 8.95. The fourth-order valence-electron chi connectivity index (χ4n) is 2.69. The van der Waals surface area contributed by atoms with Crippen LogP contribution >= 0.6 is 0 Å². The lowest BCUT2D eigenvalue weighted by Gasteiger charge is -2.45. The average molecular weight is 226 g/mol. The molecule has 0 bridgehead atoms. The number of rotatable bonds is 4. The quantitative estimate of drug-likeness (QED) is 0.750. The molecule has 2 unspecified atom stereocenters. The van der Waals surface area contributed by atoms with Crippen molar-refractivity contribution < 1.29 is 14.6 Å². The van der Waals surface area contributed by atoms with Gasteiger partial charge in [0.25, 0.3) is 0 Å². The molecule has 0 radical (unpaired) electrons. The maximum absolute atomic E-state index is 10.9. The molecule has 0 aliphatic heterocycles. The van der Waals surface area contributed by atoms with E-state index in [0.29, 0.717) is 6.61 Å². The number of hydrogen-bond donors (Lipinski definition) is 1. The number of carboxylic acids is 1. The summed E-state index contributed by atoms with van der Waals surface area (Å²) >= 11 is 0. The molecule has 0 aromatic rings. The molecule has 0 amide bonds. The van der Waals surface area contributed by atoms with Crippen LogP contribution in [-0.4, -0.2) is 23.8 Å². The van der Waals surface area contributed by atoms with Gasteiger partial charge < -0.3 is 9.84 Å². The molecule has 92 valence electrons. The Morgan fingerprint density at radius 1 is 1.62 bits per heavy atom. The van der Waals surface area contributed by atoms with Crippen LogP contribution in [0.5, 0.6) is 0 Å². The first kappa shape index (κ1) is 13.2. The van der Waals surface area contributed by atoms with Gasteiger partial charge in [-0.15, -0.1) is 0 Å². The molecule has 0 aromatic heterocycles. The maximum atomic E-state index is 10.9. The Morgan fingerprint density at radius 3 is 2.75 bits per heavy atom. The highest BCUT2D eigenvalue weighted by Crippen LogP contribution is 2.46. The molecular formula is C13H22O3. The summed E-state index contributed by atoms with van der Waals surface area (Å²) in [4.78, 5) is 10.9. The van der Waals surface area contributed by atoms with E-state index in [1.165, 1.54) is 0 Å². The first-order valence-electron chi connectivity index (χ1n) is 5.90. The zero-order valence-electron chi connectivity index (χ0n) is 10.5. The van der Waals surface area contributed by atoms with E-state index < -0.39 is 5.97 Å². The molecular weight excluding hydrogens is 204 g/mol. The van der Waals surface area contributed by atoms with Crippen LogP contribution in [0.25, 0.3) is 0 Å². The monoisotopic (exact) mass is 226 g/mol. The fraction of sp³-hybridized carbons (Fsp3) is 0.769. The second-order valence-corrected chi connectivity index (χ2v) is 5.11. The van der Waals surface area contributed by atoms with Gasteiger partial charge >= 0.3 is 5.97 Å². The van der Waals surface area contributed by atoms with Crippen molar-refractivity contribution >= 4 is 5.97 Å². The zero-order valence-corrected chi connectivity index (χ0v) is 10.5. The minimum Gasteiger partial charge on any atom is -0.481 e. The van der Waals surface area contributed by atoms with E-state index in [0.717, 1.165) is 18.4 Å². The predicted molar refractivity (Wildman–Crippen MR) is 63.3 cm³/mol. The largest absolute Gasteiger partial charge is 0.481 e. The van der Waals surface area contributed by atoms with Gasteiger partial charge in [-0.1, -0.05) is 26.0 Å². The Kier molecular flexibility index (Phi) is 4.14. The van der Waals surface area contributed by atoms with Crippen molar-refractivity contribution in [1.29, 1.82) is 0 Å². The summed E-state index contributed by atoms with van der Waals surface area (Å²) in [7, 11) is 0. The van der Waals surface area contributed by atoms with Crippen molar-refractivity contribution in [1.82, 2.24) is 0 Å². The third-order valence-corrected chi connectivity index (χ3v) is 3.69. The van der Waals surface area contributed by atoms with Crippen LogP contribution in [0.2, 0.25) is 0 Å². The Morgan fingerprint density at radius 2 is 2.25 bits per heavy atom. The van der Waals surface area contributed by atoms with Crippen molar-refractivity contribution in [3.63, 3.8) is 0 Å². The number of carboxylic acid groups (broad SMARTS) is 1. The van der Waals surface area contributed by atoms with Crippen LogP contribution < -0.4 is 0 Å². The molecule has 1 aliphatic rings. The normalized spacial score (nSPS) is 29.1. The van der Waals surface area contributed by atoms with E-state index in [1.807, 2.05) is 6.92 Å². The van der Waals surface area contributed by atoms with Crippen molar-refractivity contribution in [2.45, 2.75) is 46.1 Å². The molecule has 16 heavy (non-hydrogen) atoms. The van der Waals surface area contributed by atoms with Crippen LogP contribution in [0.15, 0.2) is 12.2 Å². The van der Waals surface area contributed by atoms with Gasteiger partial charge in [0, 0.05) is 6.61 Å². The van der Waals surface area contributed by atoms with Gasteiger partial charge in [0.2, 0.25) is 0 Å². The Labute approximate surface area is 97.5 Å². The molecule has 1 fully saturated rings. The van der Waals surface area contributed by atoms with E-state index in [4.69, 9.17) is 9.84 Å². The van der Waals surface area contributed by atoms with Gasteiger partial charge in [0.05, 0.1) is 12.5 Å². The Bertz CT molecular complexity index is 281. The van der Waals surface area contributed by atoms with Crippen LogP contribution in [0.1, 0.15) is 40.0 Å². The summed E-state index contributed by atoms with van der Waals surface area (Å²) in [6.45, 7) is 10.9. The molecule has 1 aliphatic carbocycles. The summed E-state index contributed by atoms with van der Waals surface area (Å²) < 4.78 is 5.72. The summed E-state index contributed by atoms with van der Waals surface area (Å²) in [6.07, 6.45) is 2.14. The minimum atomic E-state index is -0.753. The highest BCUT2D eigenvalue weighted by molar-refractivity contribution is 5.67. The Hall–Kier alpha value is -0.830. The van der Waals surface area contributed by atoms with Gasteiger partial charge in [0.1, 0.15) is 0 Å². The number of ether oxygens (including phenoxy) is 1. The SMILES string of the molecule is C=C1CCC(OCC)C(C)(C)C1CC(=O)O. The van der Waals surface area contributed by atoms with Crippen molar-refractivity contribution in [3.05, 3.63) is 12.2 Å². The molecule has 0 heterocycles. The molecule has 1 saturated carbocycles. The molecule has 1 N–H and O–H groups in total. The first-order valence-corrected chi connectivity index (χ1v) is 5.90. The van der Waals surface area contributed by atoms with Gasteiger partial charge in [-0.25, -0.2) is 0 Å². The molecule has 3 nitrogen and oxygen atoms in total. The van der Waals surface area contributed by atoms with Gasteiger partial charge in [-0.3, -0.25) is 4.79 Å². The Balaban J connectivity index is 2.84. The number of aliphatic carboxylic acids is 1. The van der Waals surface area contributed by atoms with E-state index in [9.17, 15) is 4.79 Å². The molecule has 0 aromatic carbocycles. The number of allylic oxidation sites excluding steroid dienone is 1. The molecule has 0 saturated heterocycles. The second kappa shape index (κ2) is 5.00. The molecule has 3 heteroatoms. The van der Waals surface area contributed by atoms with Gasteiger partial charge in [-0.05, 0) is 31.1 Å². The van der Waals surface area contributed by atoms with E-state index >= 15 is 0 Å². The minimum absolute atomic E-state index is 0.0234. The number of hydrogen-bond acceptors (Lipinski definition) is 2. The summed E-state index contributed by atoms with van der Waals surface area (Å²) in [5.74, 6) is -0.730. The average Bonchev–Trinajstić information content (AvgIpc) is 2.17. The maximum Gasteiger partial charge on any atom is 0.303 e. The molecule has 2 atom stereocenters. The topological polar surface area (TPSA) is 46.5 Å². The van der Waals surface area contributed by atoms with E-state index in [2.05, 4.69) is 20.4 Å². The van der Waals surface area contributed by atoms with Crippen molar-refractivity contribution in [2.75, 3.05) is 6.61 Å².